The van der Waals surface area contributed by atoms with Gasteiger partial charge in [-0.3, -0.25) is 9.59 Å². The van der Waals surface area contributed by atoms with Gasteiger partial charge in [0, 0.05) is 33.4 Å². The SMILES string of the molecule is Cc1cc(C(=O)[C@@H](C)OC(=O)c2c(NC(=O)C(C)C)sc3c2CCC3)c(C)n1-c1ccc(OC(F)F)cc1. The van der Waals surface area contributed by atoms with E-state index in [1.807, 2.05) is 11.5 Å². The number of halogens is 2. The smallest absolute Gasteiger partial charge is 0.387 e. The minimum absolute atomic E-state index is 0.0342. The fraction of sp³-hybridized carbons (Fsp3) is 0.393. The van der Waals surface area contributed by atoms with Crippen molar-refractivity contribution in [1.82, 2.24) is 4.57 Å². The molecule has 1 aliphatic rings. The number of anilines is 1. The number of esters is 1. The summed E-state index contributed by atoms with van der Waals surface area (Å²) in [6.07, 6.45) is 1.42. The Morgan fingerprint density at radius 1 is 1.05 bits per heavy atom. The summed E-state index contributed by atoms with van der Waals surface area (Å²) >= 11 is 1.39. The molecular weight excluding hydrogens is 514 g/mol. The first-order valence-electron chi connectivity index (χ1n) is 12.4. The van der Waals surface area contributed by atoms with Gasteiger partial charge in [0.15, 0.2) is 6.10 Å². The third-order valence-corrected chi connectivity index (χ3v) is 7.76. The highest BCUT2D eigenvalue weighted by molar-refractivity contribution is 7.17. The summed E-state index contributed by atoms with van der Waals surface area (Å²) in [5.74, 6) is -1.40. The number of carbonyl (C=O) groups excluding carboxylic acids is 3. The highest BCUT2D eigenvalue weighted by Crippen LogP contribution is 2.40. The van der Waals surface area contributed by atoms with Gasteiger partial charge in [-0.05, 0) is 75.9 Å². The molecule has 202 valence electrons. The lowest BCUT2D eigenvalue weighted by Crippen LogP contribution is -2.26. The van der Waals surface area contributed by atoms with Gasteiger partial charge in [-0.25, -0.2) is 4.79 Å². The first-order chi connectivity index (χ1) is 18.0. The molecule has 38 heavy (non-hydrogen) atoms. The number of aryl methyl sites for hydroxylation is 2. The molecule has 1 aliphatic carbocycles. The van der Waals surface area contributed by atoms with Gasteiger partial charge in [0.1, 0.15) is 10.8 Å². The van der Waals surface area contributed by atoms with E-state index in [-0.39, 0.29) is 23.4 Å². The van der Waals surface area contributed by atoms with Gasteiger partial charge in [-0.15, -0.1) is 11.3 Å². The van der Waals surface area contributed by atoms with E-state index in [1.54, 1.807) is 39.0 Å². The van der Waals surface area contributed by atoms with Crippen molar-refractivity contribution in [3.63, 3.8) is 0 Å². The molecule has 1 aromatic carbocycles. The van der Waals surface area contributed by atoms with Crippen LogP contribution in [0.2, 0.25) is 0 Å². The lowest BCUT2D eigenvalue weighted by Gasteiger charge is -2.15. The Labute approximate surface area is 223 Å². The number of ether oxygens (including phenoxy) is 2. The van der Waals surface area contributed by atoms with Crippen LogP contribution in [0, 0.1) is 19.8 Å². The highest BCUT2D eigenvalue weighted by Gasteiger charge is 2.31. The molecule has 0 unspecified atom stereocenters. The summed E-state index contributed by atoms with van der Waals surface area (Å²) in [4.78, 5) is 40.0. The third-order valence-electron chi connectivity index (χ3n) is 6.56. The molecule has 10 heteroatoms. The summed E-state index contributed by atoms with van der Waals surface area (Å²) in [5, 5.41) is 3.31. The fourth-order valence-corrected chi connectivity index (χ4v) is 5.92. The van der Waals surface area contributed by atoms with Crippen molar-refractivity contribution in [2.45, 2.75) is 66.6 Å². The molecule has 2 aromatic heterocycles. The van der Waals surface area contributed by atoms with E-state index in [9.17, 15) is 23.2 Å². The molecule has 0 saturated carbocycles. The zero-order chi connectivity index (χ0) is 27.7. The normalized spacial score (nSPS) is 13.5. The molecule has 0 fully saturated rings. The number of Topliss-reactive ketones (excluding diaryl/α,β-unsaturated/α-hetero) is 1. The number of alkyl halides is 2. The van der Waals surface area contributed by atoms with E-state index in [4.69, 9.17) is 4.74 Å². The predicted molar refractivity (Wildman–Crippen MR) is 141 cm³/mol. The number of nitrogens with one attached hydrogen (secondary N) is 1. The van der Waals surface area contributed by atoms with Crippen molar-refractivity contribution in [1.29, 1.82) is 0 Å². The van der Waals surface area contributed by atoms with Gasteiger partial charge in [-0.2, -0.15) is 8.78 Å². The molecule has 7 nitrogen and oxygen atoms in total. The number of fused-ring (bicyclic) bond motifs is 1. The van der Waals surface area contributed by atoms with Crippen LogP contribution < -0.4 is 10.1 Å². The van der Waals surface area contributed by atoms with Gasteiger partial charge in [0.2, 0.25) is 11.7 Å². The van der Waals surface area contributed by atoms with Crippen molar-refractivity contribution >= 4 is 34.0 Å². The second-order valence-electron chi connectivity index (χ2n) is 9.61. The van der Waals surface area contributed by atoms with Crippen molar-refractivity contribution < 1.29 is 32.6 Å². The van der Waals surface area contributed by atoms with Crippen LogP contribution in [-0.4, -0.2) is 34.9 Å². The standard InChI is InChI=1S/C28H30F2N2O5S/c1-14(2)25(34)31-26-23(20-7-6-8-22(20)38-26)27(35)36-17(5)24(33)21-13-15(3)32(16(21)4)18-9-11-19(12-10-18)37-28(29)30/h9-14,17,28H,6-8H2,1-5H3,(H,31,34)/t17-/m1/s1. The maximum atomic E-state index is 13.4. The maximum absolute atomic E-state index is 13.4. The lowest BCUT2D eigenvalue weighted by molar-refractivity contribution is -0.118. The summed E-state index contributed by atoms with van der Waals surface area (Å²) in [6.45, 7) is 5.75. The number of nitrogens with zero attached hydrogens (tertiary/aromatic N) is 1. The first kappa shape index (κ1) is 27.5. The molecule has 1 N–H and O–H groups in total. The van der Waals surface area contributed by atoms with Crippen molar-refractivity contribution in [2.75, 3.05) is 5.32 Å². The summed E-state index contributed by atoms with van der Waals surface area (Å²) in [7, 11) is 0. The molecule has 0 aliphatic heterocycles. The maximum Gasteiger partial charge on any atom is 0.387 e. The number of carbonyl (C=O) groups is 3. The average molecular weight is 545 g/mol. The second kappa shape index (κ2) is 11.1. The highest BCUT2D eigenvalue weighted by atomic mass is 32.1. The van der Waals surface area contributed by atoms with Crippen LogP contribution in [0.4, 0.5) is 13.8 Å². The average Bonchev–Trinajstić information content (AvgIpc) is 3.51. The van der Waals surface area contributed by atoms with Gasteiger partial charge in [0.05, 0.1) is 5.56 Å². The number of rotatable bonds is 9. The molecule has 1 amide bonds. The van der Waals surface area contributed by atoms with E-state index in [2.05, 4.69) is 10.1 Å². The van der Waals surface area contributed by atoms with Crippen LogP contribution in [0.25, 0.3) is 5.69 Å². The minimum Gasteiger partial charge on any atom is -0.451 e. The number of hydrogen-bond acceptors (Lipinski definition) is 6. The summed E-state index contributed by atoms with van der Waals surface area (Å²) in [5.41, 5.74) is 3.66. The van der Waals surface area contributed by atoms with E-state index >= 15 is 0 Å². The fourth-order valence-electron chi connectivity index (χ4n) is 4.64. The Morgan fingerprint density at radius 3 is 2.37 bits per heavy atom. The molecule has 4 rings (SSSR count). The zero-order valence-corrected chi connectivity index (χ0v) is 22.7. The molecule has 0 saturated heterocycles. The number of aromatic nitrogens is 1. The Hall–Kier alpha value is -3.53. The number of thiophene rings is 1. The molecule has 0 spiro atoms. The second-order valence-corrected chi connectivity index (χ2v) is 10.7. The quantitative estimate of drug-likeness (QED) is 0.254. The van der Waals surface area contributed by atoms with Gasteiger partial charge in [0.25, 0.3) is 0 Å². The van der Waals surface area contributed by atoms with Gasteiger partial charge >= 0.3 is 12.6 Å². The Morgan fingerprint density at radius 2 is 1.74 bits per heavy atom. The number of hydrogen-bond donors (Lipinski definition) is 1. The largest absolute Gasteiger partial charge is 0.451 e. The van der Waals surface area contributed by atoms with Crippen LogP contribution in [0.3, 0.4) is 0 Å². The Balaban J connectivity index is 1.55. The number of benzene rings is 1. The summed E-state index contributed by atoms with van der Waals surface area (Å²) in [6, 6.07) is 7.82. The molecule has 3 aromatic rings. The molecular formula is C28H30F2N2O5S. The Kier molecular flexibility index (Phi) is 8.01. The number of ketones is 1. The van der Waals surface area contributed by atoms with E-state index in [0.29, 0.717) is 27.5 Å². The van der Waals surface area contributed by atoms with Crippen LogP contribution in [-0.2, 0) is 22.4 Å². The molecule has 1 atom stereocenters. The lowest BCUT2D eigenvalue weighted by atomic mass is 10.1. The van der Waals surface area contributed by atoms with Gasteiger partial charge < -0.3 is 19.4 Å². The third kappa shape index (κ3) is 5.50. The monoisotopic (exact) mass is 544 g/mol. The van der Waals surface area contributed by atoms with E-state index in [0.717, 1.165) is 35.4 Å². The van der Waals surface area contributed by atoms with Crippen LogP contribution in [0.1, 0.15) is 69.7 Å². The number of amides is 1. The summed E-state index contributed by atoms with van der Waals surface area (Å²) < 4.78 is 36.8. The van der Waals surface area contributed by atoms with Crippen molar-refractivity contribution in [3.05, 3.63) is 63.3 Å². The molecule has 2 heterocycles. The van der Waals surface area contributed by atoms with Crippen molar-refractivity contribution in [2.24, 2.45) is 5.92 Å². The molecule has 0 bridgehead atoms. The minimum atomic E-state index is -2.91. The topological polar surface area (TPSA) is 86.6 Å². The van der Waals surface area contributed by atoms with Crippen LogP contribution >= 0.6 is 11.3 Å². The first-order valence-corrected chi connectivity index (χ1v) is 13.2. The van der Waals surface area contributed by atoms with E-state index in [1.165, 1.54) is 30.4 Å². The van der Waals surface area contributed by atoms with Crippen molar-refractivity contribution in [3.8, 4) is 11.4 Å². The van der Waals surface area contributed by atoms with Crippen LogP contribution in [0.15, 0.2) is 30.3 Å². The van der Waals surface area contributed by atoms with Crippen LogP contribution in [0.5, 0.6) is 5.75 Å². The predicted octanol–water partition coefficient (Wildman–Crippen LogP) is 6.27. The van der Waals surface area contributed by atoms with Gasteiger partial charge in [-0.1, -0.05) is 13.8 Å². The van der Waals surface area contributed by atoms with E-state index < -0.39 is 18.7 Å². The zero-order valence-electron chi connectivity index (χ0n) is 21.9. The Bertz CT molecular complexity index is 1370. The molecule has 0 radical (unpaired) electrons.